The van der Waals surface area contributed by atoms with Gasteiger partial charge >= 0.3 is 0 Å². The molecule has 2 aromatic carbocycles. The molecule has 1 aromatic heterocycles. The fourth-order valence-electron chi connectivity index (χ4n) is 2.00. The van der Waals surface area contributed by atoms with Crippen LogP contribution in [0.15, 0.2) is 34.8 Å². The number of hydrogen-bond donors (Lipinski definition) is 1. The minimum Gasteiger partial charge on any atom is -0.369 e. The Bertz CT molecular complexity index is 832. The van der Waals surface area contributed by atoms with Gasteiger partial charge in [0.05, 0.1) is 21.2 Å². The second kappa shape index (κ2) is 4.71. The van der Waals surface area contributed by atoms with Crippen LogP contribution in [0.1, 0.15) is 0 Å². The van der Waals surface area contributed by atoms with Gasteiger partial charge in [-0.3, -0.25) is 4.57 Å². The molecule has 3 aromatic rings. The molecule has 3 rings (SSSR count). The van der Waals surface area contributed by atoms with Gasteiger partial charge < -0.3 is 5.73 Å². The predicted molar refractivity (Wildman–Crippen MR) is 78.1 cm³/mol. The SMILES string of the molecule is Nc1nc2ccc(Cl)cc2n1-c1cc(Br)c(F)cc1F. The highest BCUT2D eigenvalue weighted by molar-refractivity contribution is 9.10. The van der Waals surface area contributed by atoms with Crippen molar-refractivity contribution in [2.75, 3.05) is 5.73 Å². The first kappa shape index (κ1) is 13.3. The van der Waals surface area contributed by atoms with E-state index in [1.165, 1.54) is 10.6 Å². The van der Waals surface area contributed by atoms with Gasteiger partial charge in [-0.15, -0.1) is 0 Å². The standard InChI is InChI=1S/C13H7BrClF2N3/c14-7-4-11(9(17)5-8(7)16)20-12-3-6(15)1-2-10(12)19-13(20)18/h1-5H,(H2,18,19). The Morgan fingerprint density at radius 3 is 2.65 bits per heavy atom. The molecular weight excluding hydrogens is 352 g/mol. The third-order valence-corrected chi connectivity index (χ3v) is 3.72. The fourth-order valence-corrected chi connectivity index (χ4v) is 2.50. The van der Waals surface area contributed by atoms with Gasteiger partial charge in [-0.1, -0.05) is 11.6 Å². The molecule has 0 spiro atoms. The van der Waals surface area contributed by atoms with Gasteiger partial charge in [0.15, 0.2) is 0 Å². The van der Waals surface area contributed by atoms with Gasteiger partial charge in [-0.2, -0.15) is 0 Å². The van der Waals surface area contributed by atoms with E-state index in [2.05, 4.69) is 20.9 Å². The minimum atomic E-state index is -0.739. The van der Waals surface area contributed by atoms with Crippen molar-refractivity contribution in [3.63, 3.8) is 0 Å². The first-order valence-corrected chi connectivity index (χ1v) is 6.73. The monoisotopic (exact) mass is 357 g/mol. The van der Waals surface area contributed by atoms with E-state index in [1.807, 2.05) is 0 Å². The Kier molecular flexibility index (Phi) is 3.14. The van der Waals surface area contributed by atoms with Gasteiger partial charge in [0.1, 0.15) is 11.6 Å². The number of hydrogen-bond acceptors (Lipinski definition) is 2. The molecule has 0 fully saturated rings. The summed E-state index contributed by atoms with van der Waals surface area (Å²) in [5, 5.41) is 0.472. The highest BCUT2D eigenvalue weighted by Gasteiger charge is 2.16. The maximum absolute atomic E-state index is 14.0. The third kappa shape index (κ3) is 2.05. The lowest BCUT2D eigenvalue weighted by Crippen LogP contribution is -2.03. The van der Waals surface area contributed by atoms with Crippen LogP contribution in [0.5, 0.6) is 0 Å². The van der Waals surface area contributed by atoms with E-state index in [-0.39, 0.29) is 16.1 Å². The Hall–Kier alpha value is -1.66. The zero-order chi connectivity index (χ0) is 14.4. The maximum Gasteiger partial charge on any atom is 0.206 e. The van der Waals surface area contributed by atoms with Gasteiger partial charge in [0.2, 0.25) is 5.95 Å². The smallest absolute Gasteiger partial charge is 0.206 e. The lowest BCUT2D eigenvalue weighted by molar-refractivity contribution is 0.574. The van der Waals surface area contributed by atoms with Gasteiger partial charge in [-0.05, 0) is 40.2 Å². The Balaban J connectivity index is 2.37. The van der Waals surface area contributed by atoms with Crippen molar-refractivity contribution in [1.82, 2.24) is 9.55 Å². The molecule has 0 unspecified atom stereocenters. The van der Waals surface area contributed by atoms with Crippen molar-refractivity contribution < 1.29 is 8.78 Å². The summed E-state index contributed by atoms with van der Waals surface area (Å²) in [6.07, 6.45) is 0. The summed E-state index contributed by atoms with van der Waals surface area (Å²) in [4.78, 5) is 4.13. The van der Waals surface area contributed by atoms with Crippen molar-refractivity contribution >= 4 is 44.5 Å². The van der Waals surface area contributed by atoms with Crippen molar-refractivity contribution in [2.45, 2.75) is 0 Å². The van der Waals surface area contributed by atoms with E-state index in [0.29, 0.717) is 16.1 Å². The second-order valence-corrected chi connectivity index (χ2v) is 5.45. The van der Waals surface area contributed by atoms with Gasteiger partial charge in [0, 0.05) is 11.1 Å². The van der Waals surface area contributed by atoms with Crippen LogP contribution >= 0.6 is 27.5 Å². The summed E-state index contributed by atoms with van der Waals surface area (Å²) in [5.74, 6) is -1.33. The van der Waals surface area contributed by atoms with Crippen molar-refractivity contribution in [3.05, 3.63) is 51.5 Å². The molecule has 2 N–H and O–H groups in total. The van der Waals surface area contributed by atoms with Crippen molar-refractivity contribution in [2.24, 2.45) is 0 Å². The summed E-state index contributed by atoms with van der Waals surface area (Å²) in [7, 11) is 0. The molecule has 0 saturated carbocycles. The lowest BCUT2D eigenvalue weighted by Gasteiger charge is -2.09. The molecule has 1 heterocycles. The quantitative estimate of drug-likeness (QED) is 0.659. The number of rotatable bonds is 1. The van der Waals surface area contributed by atoms with Crippen LogP contribution in [-0.4, -0.2) is 9.55 Å². The number of nitrogen functional groups attached to an aromatic ring is 1. The van der Waals surface area contributed by atoms with Crippen LogP contribution in [0.3, 0.4) is 0 Å². The largest absolute Gasteiger partial charge is 0.369 e. The molecular formula is C13H7BrClF2N3. The summed E-state index contributed by atoms with van der Waals surface area (Å²) in [6.45, 7) is 0. The van der Waals surface area contributed by atoms with Crippen molar-refractivity contribution in [1.29, 1.82) is 0 Å². The highest BCUT2D eigenvalue weighted by atomic mass is 79.9. The van der Waals surface area contributed by atoms with Crippen LogP contribution < -0.4 is 5.73 Å². The molecule has 7 heteroatoms. The average molecular weight is 359 g/mol. The maximum atomic E-state index is 14.0. The summed E-state index contributed by atoms with van der Waals surface area (Å²) >= 11 is 8.97. The third-order valence-electron chi connectivity index (χ3n) is 2.87. The Morgan fingerprint density at radius 1 is 1.15 bits per heavy atom. The molecule has 0 atom stereocenters. The number of nitrogens with zero attached hydrogens (tertiary/aromatic N) is 2. The normalized spacial score (nSPS) is 11.2. The predicted octanol–water partition coefficient (Wildman–Crippen LogP) is 4.30. The lowest BCUT2D eigenvalue weighted by atomic mass is 10.2. The summed E-state index contributed by atoms with van der Waals surface area (Å²) in [5.41, 5.74) is 7.05. The highest BCUT2D eigenvalue weighted by Crippen LogP contribution is 2.29. The zero-order valence-electron chi connectivity index (χ0n) is 9.87. The average Bonchev–Trinajstić information content (AvgIpc) is 2.69. The number of aromatic nitrogens is 2. The molecule has 3 nitrogen and oxygen atoms in total. The Morgan fingerprint density at radius 2 is 1.90 bits per heavy atom. The fraction of sp³-hybridized carbons (Fsp3) is 0. The van der Waals surface area contributed by atoms with E-state index < -0.39 is 11.6 Å². The van der Waals surface area contributed by atoms with Gasteiger partial charge in [-0.25, -0.2) is 13.8 Å². The minimum absolute atomic E-state index is 0.0969. The molecule has 102 valence electrons. The number of halogens is 4. The van der Waals surface area contributed by atoms with E-state index in [1.54, 1.807) is 18.2 Å². The van der Waals surface area contributed by atoms with Crippen LogP contribution in [-0.2, 0) is 0 Å². The number of fused-ring (bicyclic) bond motifs is 1. The number of anilines is 1. The number of benzene rings is 2. The molecule has 0 saturated heterocycles. The molecule has 0 bridgehead atoms. The summed E-state index contributed by atoms with van der Waals surface area (Å²) in [6, 6.07) is 7.06. The second-order valence-electron chi connectivity index (χ2n) is 4.16. The van der Waals surface area contributed by atoms with Crippen LogP contribution in [0.25, 0.3) is 16.7 Å². The van der Waals surface area contributed by atoms with Crippen molar-refractivity contribution in [3.8, 4) is 5.69 Å². The number of nitrogens with two attached hydrogens (primary N) is 1. The Labute approximate surface area is 126 Å². The van der Waals surface area contributed by atoms with E-state index in [0.717, 1.165) is 6.07 Å². The van der Waals surface area contributed by atoms with Crippen LogP contribution in [0.4, 0.5) is 14.7 Å². The molecule has 0 aliphatic heterocycles. The van der Waals surface area contributed by atoms with Crippen LogP contribution in [0.2, 0.25) is 5.02 Å². The zero-order valence-corrected chi connectivity index (χ0v) is 12.2. The van der Waals surface area contributed by atoms with E-state index >= 15 is 0 Å². The summed E-state index contributed by atoms with van der Waals surface area (Å²) < 4.78 is 28.8. The molecule has 20 heavy (non-hydrogen) atoms. The van der Waals surface area contributed by atoms with E-state index in [9.17, 15) is 8.78 Å². The molecule has 0 radical (unpaired) electrons. The van der Waals surface area contributed by atoms with Gasteiger partial charge in [0.25, 0.3) is 0 Å². The topological polar surface area (TPSA) is 43.8 Å². The van der Waals surface area contributed by atoms with E-state index in [4.69, 9.17) is 17.3 Å². The molecule has 0 aliphatic carbocycles. The first-order valence-electron chi connectivity index (χ1n) is 5.56. The first-order chi connectivity index (χ1) is 9.47. The number of imidazole rings is 1. The molecule has 0 amide bonds. The molecule has 0 aliphatic rings. The van der Waals surface area contributed by atoms with Crippen LogP contribution in [0, 0.1) is 11.6 Å².